The van der Waals surface area contributed by atoms with Crippen LogP contribution in [0.4, 0.5) is 5.69 Å². The van der Waals surface area contributed by atoms with Gasteiger partial charge in [0.2, 0.25) is 0 Å². The first-order valence-electron chi connectivity index (χ1n) is 7.61. The second kappa shape index (κ2) is 7.68. The molecular formula is C17H16N6OS. The fourth-order valence-corrected chi connectivity index (χ4v) is 2.56. The number of amidine groups is 1. The van der Waals surface area contributed by atoms with Crippen LogP contribution in [0.3, 0.4) is 0 Å². The number of aromatic nitrogens is 3. The van der Waals surface area contributed by atoms with Gasteiger partial charge in [0.25, 0.3) is 0 Å². The Labute approximate surface area is 149 Å². The van der Waals surface area contributed by atoms with Crippen molar-refractivity contribution < 1.29 is 4.74 Å². The maximum Gasteiger partial charge on any atom is 0.183 e. The summed E-state index contributed by atoms with van der Waals surface area (Å²) in [5.74, 6) is 0.814. The van der Waals surface area contributed by atoms with Crippen LogP contribution in [0.5, 0.6) is 5.75 Å². The second-order valence-corrected chi connectivity index (χ2v) is 5.74. The van der Waals surface area contributed by atoms with Gasteiger partial charge in [-0.25, -0.2) is 4.99 Å². The molecule has 126 valence electrons. The predicted octanol–water partition coefficient (Wildman–Crippen LogP) is 3.24. The van der Waals surface area contributed by atoms with E-state index >= 15 is 0 Å². The molecule has 0 aliphatic heterocycles. The van der Waals surface area contributed by atoms with E-state index in [0.717, 1.165) is 22.5 Å². The molecule has 0 fully saturated rings. The van der Waals surface area contributed by atoms with Crippen molar-refractivity contribution in [2.45, 2.75) is 6.92 Å². The monoisotopic (exact) mass is 352 g/mol. The van der Waals surface area contributed by atoms with Crippen molar-refractivity contribution in [1.29, 1.82) is 5.26 Å². The molecule has 7 nitrogen and oxygen atoms in total. The Morgan fingerprint density at radius 3 is 2.68 bits per heavy atom. The Bertz CT molecular complexity index is 942. The van der Waals surface area contributed by atoms with E-state index in [2.05, 4.69) is 20.5 Å². The van der Waals surface area contributed by atoms with Crippen molar-refractivity contribution in [2.75, 3.05) is 12.9 Å². The highest BCUT2D eigenvalue weighted by molar-refractivity contribution is 8.13. The third-order valence-electron chi connectivity index (χ3n) is 3.33. The summed E-state index contributed by atoms with van der Waals surface area (Å²) in [4.78, 5) is 5.96. The molecular weight excluding hydrogens is 336 g/mol. The molecule has 0 aliphatic rings. The Kier molecular flexibility index (Phi) is 5.16. The number of benzene rings is 2. The van der Waals surface area contributed by atoms with Gasteiger partial charge in [0.05, 0.1) is 18.0 Å². The molecule has 25 heavy (non-hydrogen) atoms. The smallest absolute Gasteiger partial charge is 0.183 e. The normalized spacial score (nSPS) is 11.3. The number of hydrogen-bond donors (Lipinski definition) is 1. The van der Waals surface area contributed by atoms with Crippen molar-refractivity contribution >= 4 is 33.7 Å². The summed E-state index contributed by atoms with van der Waals surface area (Å²) >= 11 is 1.37. The topological polar surface area (TPSA) is 88.1 Å². The third kappa shape index (κ3) is 3.89. The Morgan fingerprint density at radius 1 is 1.24 bits per heavy atom. The van der Waals surface area contributed by atoms with E-state index in [1.54, 1.807) is 4.80 Å². The van der Waals surface area contributed by atoms with Crippen molar-refractivity contribution in [3.05, 3.63) is 42.5 Å². The van der Waals surface area contributed by atoms with Gasteiger partial charge < -0.3 is 4.74 Å². The zero-order chi connectivity index (χ0) is 17.6. The van der Waals surface area contributed by atoms with E-state index in [0.29, 0.717) is 17.5 Å². The zero-order valence-corrected chi connectivity index (χ0v) is 14.6. The number of thioether (sulfide) groups is 1. The molecule has 0 saturated heterocycles. The van der Waals surface area contributed by atoms with E-state index < -0.39 is 0 Å². The fourth-order valence-electron chi connectivity index (χ4n) is 2.22. The molecule has 8 heteroatoms. The summed E-state index contributed by atoms with van der Waals surface area (Å²) < 4.78 is 5.44. The van der Waals surface area contributed by atoms with Crippen molar-refractivity contribution in [1.82, 2.24) is 20.3 Å². The quantitative estimate of drug-likeness (QED) is 0.336. The van der Waals surface area contributed by atoms with Gasteiger partial charge in [-0.15, -0.1) is 10.2 Å². The molecule has 0 radical (unpaired) electrons. The number of hydrogen-bond acceptors (Lipinski definition) is 6. The largest absolute Gasteiger partial charge is 0.494 e. The lowest BCUT2D eigenvalue weighted by atomic mass is 10.3. The summed E-state index contributed by atoms with van der Waals surface area (Å²) in [6.07, 6.45) is 3.72. The number of nitriles is 1. The Hall–Kier alpha value is -3.05. The van der Waals surface area contributed by atoms with Crippen LogP contribution < -0.4 is 10.1 Å². The molecule has 3 aromatic rings. The highest BCUT2D eigenvalue weighted by Crippen LogP contribution is 2.21. The molecule has 0 aliphatic carbocycles. The maximum atomic E-state index is 8.71. The molecule has 0 saturated carbocycles. The van der Waals surface area contributed by atoms with Crippen LogP contribution >= 0.6 is 11.8 Å². The molecule has 0 bridgehead atoms. The first kappa shape index (κ1) is 16.8. The molecule has 3 rings (SSSR count). The minimum Gasteiger partial charge on any atom is -0.494 e. The number of aliphatic imine (C=N–C) groups is 1. The van der Waals surface area contributed by atoms with Gasteiger partial charge in [0, 0.05) is 0 Å². The number of nitrogens with one attached hydrogen (secondary N) is 1. The van der Waals surface area contributed by atoms with Gasteiger partial charge in [-0.2, -0.15) is 10.1 Å². The van der Waals surface area contributed by atoms with Gasteiger partial charge in [-0.1, -0.05) is 11.8 Å². The molecule has 2 aromatic carbocycles. The van der Waals surface area contributed by atoms with Gasteiger partial charge in [-0.05, 0) is 55.6 Å². The van der Waals surface area contributed by atoms with Crippen LogP contribution in [0.25, 0.3) is 16.7 Å². The highest BCUT2D eigenvalue weighted by atomic mass is 32.2. The number of nitrogens with zero attached hydrogens (tertiary/aromatic N) is 5. The second-order valence-electron chi connectivity index (χ2n) is 4.95. The molecule has 0 spiro atoms. The van der Waals surface area contributed by atoms with Crippen LogP contribution in [-0.2, 0) is 0 Å². The van der Waals surface area contributed by atoms with E-state index in [1.807, 2.05) is 61.8 Å². The minimum absolute atomic E-state index is 0.528. The lowest BCUT2D eigenvalue weighted by Gasteiger charge is -2.03. The summed E-state index contributed by atoms with van der Waals surface area (Å²) in [7, 11) is 0. The first-order valence-corrected chi connectivity index (χ1v) is 8.84. The van der Waals surface area contributed by atoms with Crippen LogP contribution in [0.15, 0.2) is 47.5 Å². The number of fused-ring (bicyclic) bond motifs is 1. The van der Waals surface area contributed by atoms with E-state index in [9.17, 15) is 0 Å². The molecule has 0 unspecified atom stereocenters. The lowest BCUT2D eigenvalue weighted by Crippen LogP contribution is -2.12. The fraction of sp³-hybridized carbons (Fsp3) is 0.176. The SMILES string of the molecule is CCOc1ccc(-n2nc3ccc(N=C(NC#N)SC)cc3n2)cc1. The highest BCUT2D eigenvalue weighted by Gasteiger charge is 2.06. The van der Waals surface area contributed by atoms with Gasteiger partial charge >= 0.3 is 0 Å². The first-order chi connectivity index (χ1) is 12.2. The molecule has 1 N–H and O–H groups in total. The predicted molar refractivity (Wildman–Crippen MR) is 99.4 cm³/mol. The minimum atomic E-state index is 0.528. The van der Waals surface area contributed by atoms with Crippen LogP contribution in [0.2, 0.25) is 0 Å². The van der Waals surface area contributed by atoms with Crippen molar-refractivity contribution in [3.63, 3.8) is 0 Å². The van der Waals surface area contributed by atoms with E-state index in [-0.39, 0.29) is 0 Å². The van der Waals surface area contributed by atoms with Crippen molar-refractivity contribution in [3.8, 4) is 17.6 Å². The standard InChI is InChI=1S/C17H16N6OS/c1-3-24-14-7-5-13(6-8-14)23-21-15-9-4-12(10-16(15)22-23)20-17(25-2)19-11-18/h4-10H,3H2,1-2H3,(H,19,20). The summed E-state index contributed by atoms with van der Waals surface area (Å²) in [5.41, 5.74) is 3.05. The lowest BCUT2D eigenvalue weighted by molar-refractivity contribution is 0.340. The van der Waals surface area contributed by atoms with E-state index in [4.69, 9.17) is 10.00 Å². The number of rotatable bonds is 4. The number of ether oxygens (including phenoxy) is 1. The van der Waals surface area contributed by atoms with Gasteiger partial charge in [0.1, 0.15) is 16.8 Å². The third-order valence-corrected chi connectivity index (χ3v) is 3.91. The maximum absolute atomic E-state index is 8.71. The molecule has 1 aromatic heterocycles. The summed E-state index contributed by atoms with van der Waals surface area (Å²) in [6.45, 7) is 2.58. The van der Waals surface area contributed by atoms with Gasteiger partial charge in [0.15, 0.2) is 11.4 Å². The Balaban J connectivity index is 1.91. The van der Waals surface area contributed by atoms with Crippen molar-refractivity contribution in [2.24, 2.45) is 4.99 Å². The zero-order valence-electron chi connectivity index (χ0n) is 13.8. The van der Waals surface area contributed by atoms with Crippen LogP contribution in [-0.4, -0.2) is 33.0 Å². The average molecular weight is 352 g/mol. The van der Waals surface area contributed by atoms with Crippen LogP contribution in [0, 0.1) is 11.5 Å². The van der Waals surface area contributed by atoms with Gasteiger partial charge in [-0.3, -0.25) is 5.32 Å². The van der Waals surface area contributed by atoms with E-state index in [1.165, 1.54) is 11.8 Å². The Morgan fingerprint density at radius 2 is 2.00 bits per heavy atom. The molecule has 0 atom stereocenters. The summed E-state index contributed by atoms with van der Waals surface area (Å²) in [5, 5.41) is 20.8. The molecule has 1 heterocycles. The average Bonchev–Trinajstić information content (AvgIpc) is 3.05. The van der Waals surface area contributed by atoms with Crippen LogP contribution in [0.1, 0.15) is 6.92 Å². The molecule has 0 amide bonds. The summed E-state index contributed by atoms with van der Waals surface area (Å²) in [6, 6.07) is 13.1.